The monoisotopic (exact) mass is 1280 g/mol. The van der Waals surface area contributed by atoms with E-state index in [4.69, 9.17) is 0 Å². The Morgan fingerprint density at radius 1 is 0.160 bits per heavy atom. The van der Waals surface area contributed by atoms with E-state index in [9.17, 15) is 0 Å². The first kappa shape index (κ1) is 62.0. The quantitative estimate of drug-likeness (QED) is 0.121. The van der Waals surface area contributed by atoms with E-state index in [0.29, 0.717) is 0 Å². The fourth-order valence-corrected chi connectivity index (χ4v) is 17.8. The lowest BCUT2D eigenvalue weighted by atomic mass is 9.84. The van der Waals surface area contributed by atoms with Gasteiger partial charge in [0.05, 0.1) is 22.1 Å². The molecule has 0 N–H and O–H groups in total. The standard InChI is InChI=1S/C98H80N2/c1-57-43-61(5)93(62(6)44-57)75-29-39-89-83(53-75)84-54-76(94-63(7)45-58(2)46-64(94)8)30-40-90(84)99(89)79-33-23-69(24-34-79)73-27-37-81-87(51-73)97(71-19-15-13-16-20-71)82-38-28-74(52-88(82)98(81)72-21-17-14-18-22-72)70-25-35-80(36-26-70)100-91-41-31-77(95-65(9)47-59(3)48-66(95)10)55-85(91)86-56-78(32-42-92(86)100)96-67(11)49-60(4)50-68(96)12/h13-56H,1-12H3. The normalized spacial score (nSPS) is 11.8. The molecule has 0 atom stereocenters. The van der Waals surface area contributed by atoms with Crippen molar-refractivity contribution in [3.63, 3.8) is 0 Å². The number of aromatic nitrogens is 2. The SMILES string of the molecule is Cc1cc(C)c(-c2ccc3c(c2)c2cc(-c4c(C)cc(C)cc4C)ccc2n3-c2ccc(-c3ccc4c(-c5ccccc5)c5cc(-c6ccc(-n7c8ccc(-c9c(C)cc(C)cc9C)cc8c8cc(-c9c(C)cc(C)cc9C)ccc87)cc6)ccc5c(-c5ccccc5)c4c3)cc2)c(C)c1. The summed E-state index contributed by atoms with van der Waals surface area (Å²) in [6.07, 6.45) is 0. The van der Waals surface area contributed by atoms with Crippen molar-refractivity contribution in [1.82, 2.24) is 9.13 Å². The van der Waals surface area contributed by atoms with Crippen molar-refractivity contribution in [2.45, 2.75) is 83.1 Å². The molecule has 0 aliphatic rings. The minimum absolute atomic E-state index is 1.13. The van der Waals surface area contributed by atoms with E-state index in [1.54, 1.807) is 0 Å². The molecule has 2 aromatic heterocycles. The number of benzene rings is 15. The molecular weight excluding hydrogens is 1210 g/mol. The van der Waals surface area contributed by atoms with Crippen LogP contribution in [0.5, 0.6) is 0 Å². The number of nitrogens with zero attached hydrogens (tertiary/aromatic N) is 2. The fraction of sp³-hybridized carbons (Fsp3) is 0.122. The minimum atomic E-state index is 1.13. The first-order chi connectivity index (χ1) is 48.5. The van der Waals surface area contributed by atoms with Gasteiger partial charge >= 0.3 is 0 Å². The van der Waals surface area contributed by atoms with Gasteiger partial charge in [-0.3, -0.25) is 0 Å². The molecule has 0 fully saturated rings. The molecule has 0 unspecified atom stereocenters. The number of fused-ring (bicyclic) bond motifs is 8. The third-order valence-electron chi connectivity index (χ3n) is 21.6. The molecule has 15 aromatic carbocycles. The summed E-state index contributed by atoms with van der Waals surface area (Å²) >= 11 is 0. The molecule has 17 rings (SSSR count). The number of rotatable bonds is 10. The summed E-state index contributed by atoms with van der Waals surface area (Å²) < 4.78 is 4.94. The largest absolute Gasteiger partial charge is 0.309 e. The molecule has 0 amide bonds. The van der Waals surface area contributed by atoms with Crippen LogP contribution in [-0.2, 0) is 0 Å². The van der Waals surface area contributed by atoms with E-state index in [0.717, 1.165) is 11.4 Å². The Balaban J connectivity index is 0.781. The molecular formula is C98H80N2. The van der Waals surface area contributed by atoms with Gasteiger partial charge in [-0.2, -0.15) is 0 Å². The molecule has 100 heavy (non-hydrogen) atoms. The summed E-state index contributed by atoms with van der Waals surface area (Å²) in [7, 11) is 0. The van der Waals surface area contributed by atoms with Crippen LogP contribution < -0.4 is 0 Å². The lowest BCUT2D eigenvalue weighted by Gasteiger charge is -2.20. The van der Waals surface area contributed by atoms with Crippen LogP contribution in [0.25, 0.3) is 166 Å². The molecule has 0 saturated heterocycles. The van der Waals surface area contributed by atoms with Gasteiger partial charge in [0, 0.05) is 32.9 Å². The zero-order valence-electron chi connectivity index (χ0n) is 59.3. The Labute approximate surface area is 587 Å². The summed E-state index contributed by atoms with van der Waals surface area (Å²) in [5, 5.41) is 9.90. The lowest BCUT2D eigenvalue weighted by Crippen LogP contribution is -1.95. The highest BCUT2D eigenvalue weighted by Gasteiger charge is 2.23. The maximum atomic E-state index is 2.47. The first-order valence-corrected chi connectivity index (χ1v) is 35.4. The van der Waals surface area contributed by atoms with Crippen LogP contribution in [-0.4, -0.2) is 9.13 Å². The Morgan fingerprint density at radius 2 is 0.390 bits per heavy atom. The van der Waals surface area contributed by atoms with Gasteiger partial charge < -0.3 is 9.13 Å². The van der Waals surface area contributed by atoms with Gasteiger partial charge in [0.1, 0.15) is 0 Å². The molecule has 0 bridgehead atoms. The predicted molar refractivity (Wildman–Crippen MR) is 430 cm³/mol. The van der Waals surface area contributed by atoms with Crippen LogP contribution in [0.3, 0.4) is 0 Å². The smallest absolute Gasteiger partial charge is 0.0541 e. The van der Waals surface area contributed by atoms with E-state index in [1.807, 2.05) is 0 Å². The zero-order valence-corrected chi connectivity index (χ0v) is 59.3. The average Bonchev–Trinajstić information content (AvgIpc) is 1.27. The third kappa shape index (κ3) is 10.4. The van der Waals surface area contributed by atoms with Gasteiger partial charge in [-0.25, -0.2) is 0 Å². The van der Waals surface area contributed by atoms with Crippen molar-refractivity contribution >= 4 is 65.2 Å². The van der Waals surface area contributed by atoms with Crippen LogP contribution >= 0.6 is 0 Å². The highest BCUT2D eigenvalue weighted by atomic mass is 15.0. The second-order valence-corrected chi connectivity index (χ2v) is 28.8. The molecule has 0 spiro atoms. The van der Waals surface area contributed by atoms with Crippen LogP contribution in [0.1, 0.15) is 66.8 Å². The van der Waals surface area contributed by atoms with Crippen LogP contribution in [0.15, 0.2) is 267 Å². The second kappa shape index (κ2) is 24.2. The summed E-state index contributed by atoms with van der Waals surface area (Å²) in [5.74, 6) is 0. The molecule has 0 aliphatic carbocycles. The summed E-state index contributed by atoms with van der Waals surface area (Å²) in [5.41, 5.74) is 42.4. The van der Waals surface area contributed by atoms with E-state index < -0.39 is 0 Å². The fourth-order valence-electron chi connectivity index (χ4n) is 17.8. The topological polar surface area (TPSA) is 9.86 Å². The summed E-state index contributed by atoms with van der Waals surface area (Å²) in [6.45, 7) is 26.8. The van der Waals surface area contributed by atoms with Crippen molar-refractivity contribution in [3.05, 3.63) is 334 Å². The molecule has 482 valence electrons. The average molecular weight is 1290 g/mol. The first-order valence-electron chi connectivity index (χ1n) is 35.4. The van der Waals surface area contributed by atoms with E-state index in [1.165, 1.54) is 221 Å². The maximum Gasteiger partial charge on any atom is 0.0541 e. The third-order valence-corrected chi connectivity index (χ3v) is 21.6. The van der Waals surface area contributed by atoms with Crippen LogP contribution in [0.2, 0.25) is 0 Å². The maximum absolute atomic E-state index is 2.47. The van der Waals surface area contributed by atoms with Crippen molar-refractivity contribution in [1.29, 1.82) is 0 Å². The van der Waals surface area contributed by atoms with Crippen molar-refractivity contribution in [3.8, 4) is 100 Å². The van der Waals surface area contributed by atoms with Gasteiger partial charge in [0.2, 0.25) is 0 Å². The van der Waals surface area contributed by atoms with Crippen molar-refractivity contribution in [2.75, 3.05) is 0 Å². The molecule has 17 aromatic rings. The van der Waals surface area contributed by atoms with E-state index in [-0.39, 0.29) is 0 Å². The highest BCUT2D eigenvalue weighted by molar-refractivity contribution is 6.23. The Morgan fingerprint density at radius 3 is 0.650 bits per heavy atom. The lowest BCUT2D eigenvalue weighted by molar-refractivity contribution is 1.18. The van der Waals surface area contributed by atoms with Crippen molar-refractivity contribution in [2.24, 2.45) is 0 Å². The van der Waals surface area contributed by atoms with E-state index >= 15 is 0 Å². The Bertz CT molecular complexity index is 5520. The van der Waals surface area contributed by atoms with Gasteiger partial charge in [-0.15, -0.1) is 0 Å². The second-order valence-electron chi connectivity index (χ2n) is 28.8. The van der Waals surface area contributed by atoms with Gasteiger partial charge in [0.15, 0.2) is 0 Å². The molecule has 0 aliphatic heterocycles. The predicted octanol–water partition coefficient (Wildman–Crippen LogP) is 27.2. The number of hydrogen-bond donors (Lipinski definition) is 0. The van der Waals surface area contributed by atoms with Gasteiger partial charge in [-0.05, 0) is 323 Å². The molecule has 2 nitrogen and oxygen atoms in total. The number of hydrogen-bond acceptors (Lipinski definition) is 0. The highest BCUT2D eigenvalue weighted by Crippen LogP contribution is 2.48. The minimum Gasteiger partial charge on any atom is -0.309 e. The zero-order chi connectivity index (χ0) is 68.5. The summed E-state index contributed by atoms with van der Waals surface area (Å²) in [4.78, 5) is 0. The molecule has 0 radical (unpaired) electrons. The molecule has 0 saturated carbocycles. The molecule has 2 heterocycles. The van der Waals surface area contributed by atoms with Crippen LogP contribution in [0.4, 0.5) is 0 Å². The Kier molecular flexibility index (Phi) is 15.0. The summed E-state index contributed by atoms with van der Waals surface area (Å²) in [6, 6.07) is 102. The van der Waals surface area contributed by atoms with E-state index in [2.05, 4.69) is 359 Å². The molecule has 2 heteroatoms. The van der Waals surface area contributed by atoms with Crippen LogP contribution in [0, 0.1) is 83.1 Å². The van der Waals surface area contributed by atoms with Gasteiger partial charge in [-0.1, -0.05) is 204 Å². The van der Waals surface area contributed by atoms with Crippen molar-refractivity contribution < 1.29 is 0 Å². The number of aryl methyl sites for hydroxylation is 12. The van der Waals surface area contributed by atoms with Gasteiger partial charge in [0.25, 0.3) is 0 Å². The Hall–Kier alpha value is -11.6.